The molecule has 0 spiro atoms. The van der Waals surface area contributed by atoms with Crippen LogP contribution in [-0.4, -0.2) is 40.8 Å². The summed E-state index contributed by atoms with van der Waals surface area (Å²) < 4.78 is 5.21. The first-order valence-electron chi connectivity index (χ1n) is 5.41. The third kappa shape index (κ3) is 6.46. The number of hydrogen-bond donors (Lipinski definition) is 0. The number of hydrogen-bond acceptors (Lipinski definition) is 3. The number of halogens is 1. The molecule has 5 heteroatoms. The first-order valence-corrected chi connectivity index (χ1v) is 6.53. The Kier molecular flexibility index (Phi) is 6.45. The van der Waals surface area contributed by atoms with Crippen LogP contribution in [0, 0.1) is 0 Å². The Bertz CT molecular complexity index is 307. The highest BCUT2D eigenvalue weighted by Gasteiger charge is 2.26. The molecule has 0 saturated carbocycles. The molecule has 0 aromatic rings. The molecule has 0 radical (unpaired) electrons. The minimum atomic E-state index is -0.596. The molecule has 0 bridgehead atoms. The van der Waals surface area contributed by atoms with Crippen molar-refractivity contribution in [3.05, 3.63) is 12.2 Å². The van der Waals surface area contributed by atoms with Crippen molar-refractivity contribution in [1.29, 1.82) is 0 Å². The summed E-state index contributed by atoms with van der Waals surface area (Å²) in [6.07, 6.45) is 3.11. The second kappa shape index (κ2) is 6.79. The fourth-order valence-electron chi connectivity index (χ4n) is 0.999. The molecule has 4 nitrogen and oxygen atoms in total. The zero-order valence-electron chi connectivity index (χ0n) is 11.0. The fraction of sp³-hybridized carbons (Fsp3) is 0.667. The zero-order chi connectivity index (χ0) is 13.6. The maximum Gasteiger partial charge on any atom is 0.329 e. The summed E-state index contributed by atoms with van der Waals surface area (Å²) in [5.41, 5.74) is -0.541. The van der Waals surface area contributed by atoms with E-state index < -0.39 is 17.6 Å². The van der Waals surface area contributed by atoms with Gasteiger partial charge in [0, 0.05) is 12.4 Å². The van der Waals surface area contributed by atoms with Gasteiger partial charge in [0.2, 0.25) is 5.91 Å². The average Bonchev–Trinajstić information content (AvgIpc) is 2.21. The van der Waals surface area contributed by atoms with Crippen LogP contribution in [0.5, 0.6) is 0 Å². The van der Waals surface area contributed by atoms with Crippen molar-refractivity contribution in [1.82, 2.24) is 4.90 Å². The quantitative estimate of drug-likeness (QED) is 0.454. The third-order valence-electron chi connectivity index (χ3n) is 2.03. The number of allylic oxidation sites excluding steroid dienone is 1. The van der Waals surface area contributed by atoms with Crippen LogP contribution in [0.4, 0.5) is 0 Å². The van der Waals surface area contributed by atoms with E-state index in [1.807, 2.05) is 0 Å². The topological polar surface area (TPSA) is 46.6 Å². The molecule has 0 saturated heterocycles. The first kappa shape index (κ1) is 16.2. The molecule has 0 aliphatic heterocycles. The lowest BCUT2D eigenvalue weighted by atomic mass is 10.2. The molecule has 0 fully saturated rings. The van der Waals surface area contributed by atoms with Crippen LogP contribution in [-0.2, 0) is 14.3 Å². The Morgan fingerprint density at radius 2 is 1.94 bits per heavy atom. The third-order valence-corrected chi connectivity index (χ3v) is 2.40. The van der Waals surface area contributed by atoms with Gasteiger partial charge >= 0.3 is 5.97 Å². The van der Waals surface area contributed by atoms with Crippen molar-refractivity contribution >= 4 is 27.8 Å². The molecule has 0 unspecified atom stereocenters. The first-order chi connectivity index (χ1) is 7.69. The fourth-order valence-corrected chi connectivity index (χ4v) is 1.19. The lowest BCUT2D eigenvalue weighted by molar-refractivity contribution is -0.162. The molecule has 1 amide bonds. The Morgan fingerprint density at radius 1 is 1.41 bits per heavy atom. The average molecular weight is 306 g/mol. The molecule has 0 rings (SSSR count). The van der Waals surface area contributed by atoms with Gasteiger partial charge in [-0.1, -0.05) is 22.0 Å². The second-order valence-electron chi connectivity index (χ2n) is 4.72. The van der Waals surface area contributed by atoms with Crippen molar-refractivity contribution in [2.75, 3.05) is 12.4 Å². The number of carbonyl (C=O) groups is 2. The Balaban J connectivity index is 4.49. The van der Waals surface area contributed by atoms with E-state index in [0.29, 0.717) is 5.33 Å². The lowest BCUT2D eigenvalue weighted by Gasteiger charge is -2.26. The molecule has 98 valence electrons. The van der Waals surface area contributed by atoms with Crippen molar-refractivity contribution in [2.24, 2.45) is 0 Å². The number of likely N-dealkylation sites (N-methyl/N-ethyl adjacent to an activating group) is 1. The standard InChI is InChI=1S/C12H20BrNO3/c1-9(11(16)17-12(2,3)4)14(5)10(15)7-6-8-13/h6-7,9H,8H2,1-5H3/t9-/m0/s1. The molecular formula is C12H20BrNO3. The summed E-state index contributed by atoms with van der Waals surface area (Å²) in [4.78, 5) is 24.7. The van der Waals surface area contributed by atoms with Gasteiger partial charge in [-0.3, -0.25) is 4.79 Å². The van der Waals surface area contributed by atoms with Gasteiger partial charge in [0.15, 0.2) is 0 Å². The van der Waals surface area contributed by atoms with Crippen LogP contribution < -0.4 is 0 Å². The zero-order valence-corrected chi connectivity index (χ0v) is 12.6. The van der Waals surface area contributed by atoms with Crippen LogP contribution in [0.25, 0.3) is 0 Å². The summed E-state index contributed by atoms with van der Waals surface area (Å²) in [7, 11) is 1.58. The maximum absolute atomic E-state index is 11.7. The van der Waals surface area contributed by atoms with Crippen LogP contribution in [0.15, 0.2) is 12.2 Å². The summed E-state index contributed by atoms with van der Waals surface area (Å²) in [5, 5.41) is 0.605. The van der Waals surface area contributed by atoms with Gasteiger partial charge in [-0.15, -0.1) is 0 Å². The van der Waals surface area contributed by atoms with Crippen LogP contribution in [0.1, 0.15) is 27.7 Å². The minimum absolute atomic E-state index is 0.220. The van der Waals surface area contributed by atoms with Crippen LogP contribution in [0.2, 0.25) is 0 Å². The molecular weight excluding hydrogens is 286 g/mol. The summed E-state index contributed by atoms with van der Waals surface area (Å²) in [6, 6.07) is -0.596. The van der Waals surface area contributed by atoms with Crippen LogP contribution >= 0.6 is 15.9 Å². The van der Waals surface area contributed by atoms with E-state index >= 15 is 0 Å². The van der Waals surface area contributed by atoms with Crippen molar-refractivity contribution in [3.8, 4) is 0 Å². The molecule has 0 aliphatic rings. The van der Waals surface area contributed by atoms with Gasteiger partial charge in [0.25, 0.3) is 0 Å². The maximum atomic E-state index is 11.7. The van der Waals surface area contributed by atoms with E-state index in [2.05, 4.69) is 15.9 Å². The number of alkyl halides is 1. The summed E-state index contributed by atoms with van der Waals surface area (Å²) in [6.45, 7) is 7.03. The normalized spacial score (nSPS) is 13.5. The lowest BCUT2D eigenvalue weighted by Crippen LogP contribution is -2.42. The number of amides is 1. The SMILES string of the molecule is C[C@@H](C(=O)OC(C)(C)C)N(C)C(=O)C=CCBr. The van der Waals surface area contributed by atoms with Crippen LogP contribution in [0.3, 0.4) is 0 Å². The highest BCUT2D eigenvalue weighted by molar-refractivity contribution is 9.09. The molecule has 0 N–H and O–H groups in total. The van der Waals surface area contributed by atoms with Gasteiger partial charge < -0.3 is 9.64 Å². The van der Waals surface area contributed by atoms with Gasteiger partial charge in [0.05, 0.1) is 0 Å². The van der Waals surface area contributed by atoms with E-state index in [1.165, 1.54) is 11.0 Å². The number of carbonyl (C=O) groups excluding carboxylic acids is 2. The second-order valence-corrected chi connectivity index (χ2v) is 5.36. The summed E-state index contributed by atoms with van der Waals surface area (Å²) in [5.74, 6) is -0.622. The monoisotopic (exact) mass is 305 g/mol. The molecule has 0 aliphatic carbocycles. The highest BCUT2D eigenvalue weighted by atomic mass is 79.9. The minimum Gasteiger partial charge on any atom is -0.458 e. The van der Waals surface area contributed by atoms with Gasteiger partial charge in [-0.2, -0.15) is 0 Å². The smallest absolute Gasteiger partial charge is 0.329 e. The van der Waals surface area contributed by atoms with Crippen molar-refractivity contribution < 1.29 is 14.3 Å². The molecule has 1 atom stereocenters. The van der Waals surface area contributed by atoms with E-state index in [1.54, 1.807) is 40.8 Å². The molecule has 0 heterocycles. The molecule has 0 aromatic heterocycles. The number of rotatable bonds is 4. The largest absolute Gasteiger partial charge is 0.458 e. The van der Waals surface area contributed by atoms with E-state index in [4.69, 9.17) is 4.74 Å². The number of esters is 1. The van der Waals surface area contributed by atoms with Crippen molar-refractivity contribution in [3.63, 3.8) is 0 Å². The van der Waals surface area contributed by atoms with Gasteiger partial charge in [-0.05, 0) is 33.8 Å². The summed E-state index contributed by atoms with van der Waals surface area (Å²) >= 11 is 3.18. The highest BCUT2D eigenvalue weighted by Crippen LogP contribution is 2.10. The Labute approximate surface area is 111 Å². The Hall–Kier alpha value is -0.840. The van der Waals surface area contributed by atoms with Crippen molar-refractivity contribution in [2.45, 2.75) is 39.3 Å². The molecule has 17 heavy (non-hydrogen) atoms. The predicted octanol–water partition coefficient (Wildman–Crippen LogP) is 2.13. The Morgan fingerprint density at radius 3 is 2.35 bits per heavy atom. The predicted molar refractivity (Wildman–Crippen MR) is 71.0 cm³/mol. The molecule has 0 aromatic carbocycles. The van der Waals surface area contributed by atoms with E-state index in [9.17, 15) is 9.59 Å². The number of nitrogens with zero attached hydrogens (tertiary/aromatic N) is 1. The van der Waals surface area contributed by atoms with Gasteiger partial charge in [0.1, 0.15) is 11.6 Å². The number of ether oxygens (including phenoxy) is 1. The van der Waals surface area contributed by atoms with E-state index in [-0.39, 0.29) is 5.91 Å². The van der Waals surface area contributed by atoms with Gasteiger partial charge in [-0.25, -0.2) is 4.79 Å². The van der Waals surface area contributed by atoms with E-state index in [0.717, 1.165) is 0 Å².